The minimum atomic E-state index is -0.330. The monoisotopic (exact) mass is 393 g/mol. The third kappa shape index (κ3) is 5.15. The Kier molecular flexibility index (Phi) is 6.60. The molecule has 0 bridgehead atoms. The number of anilines is 1. The standard InChI is InChI=1S/C19H24ClN3O4/c1-13-3-6-18(27-13)17(23-7-9-26-10-8-23)12-21-19(24)22-16-5-4-14(25-2)11-15(16)20/h3-6,11,17H,7-10,12H2,1-2H3,(H2,21,22,24). The van der Waals surface area contributed by atoms with E-state index in [1.807, 2.05) is 19.1 Å². The molecule has 1 fully saturated rings. The Morgan fingerprint density at radius 2 is 2.07 bits per heavy atom. The number of aryl methyl sites for hydroxylation is 1. The topological polar surface area (TPSA) is 76.0 Å². The molecule has 2 aromatic rings. The van der Waals surface area contributed by atoms with Crippen LogP contribution in [0.3, 0.4) is 0 Å². The normalized spacial score (nSPS) is 16.0. The number of hydrogen-bond acceptors (Lipinski definition) is 5. The number of hydrogen-bond donors (Lipinski definition) is 2. The fourth-order valence-corrected chi connectivity index (χ4v) is 3.23. The van der Waals surface area contributed by atoms with E-state index in [9.17, 15) is 4.79 Å². The number of carbonyl (C=O) groups is 1. The molecule has 1 aliphatic heterocycles. The van der Waals surface area contributed by atoms with Crippen molar-refractivity contribution in [3.63, 3.8) is 0 Å². The van der Waals surface area contributed by atoms with Gasteiger partial charge in [0.1, 0.15) is 17.3 Å². The number of urea groups is 1. The summed E-state index contributed by atoms with van der Waals surface area (Å²) in [7, 11) is 1.56. The van der Waals surface area contributed by atoms with Crippen molar-refractivity contribution in [2.24, 2.45) is 0 Å². The summed E-state index contributed by atoms with van der Waals surface area (Å²) in [5, 5.41) is 6.09. The number of benzene rings is 1. The molecule has 8 heteroatoms. The molecular weight excluding hydrogens is 370 g/mol. The molecule has 1 saturated heterocycles. The molecule has 2 amide bonds. The van der Waals surface area contributed by atoms with E-state index in [2.05, 4.69) is 15.5 Å². The maximum absolute atomic E-state index is 12.4. The summed E-state index contributed by atoms with van der Waals surface area (Å²) < 4.78 is 16.3. The molecule has 27 heavy (non-hydrogen) atoms. The number of rotatable bonds is 6. The second-order valence-corrected chi connectivity index (χ2v) is 6.70. The lowest BCUT2D eigenvalue weighted by molar-refractivity contribution is 0.0122. The number of halogens is 1. The van der Waals surface area contributed by atoms with Crippen LogP contribution in [0.15, 0.2) is 34.7 Å². The van der Waals surface area contributed by atoms with E-state index in [1.165, 1.54) is 0 Å². The smallest absolute Gasteiger partial charge is 0.319 e. The van der Waals surface area contributed by atoms with Gasteiger partial charge in [0, 0.05) is 25.7 Å². The first-order chi connectivity index (χ1) is 13.1. The maximum Gasteiger partial charge on any atom is 0.319 e. The van der Waals surface area contributed by atoms with Gasteiger partial charge in [-0.15, -0.1) is 0 Å². The first-order valence-electron chi connectivity index (χ1n) is 8.83. The summed E-state index contributed by atoms with van der Waals surface area (Å²) in [6.45, 7) is 5.24. The highest BCUT2D eigenvalue weighted by molar-refractivity contribution is 6.33. The molecule has 2 heterocycles. The molecule has 3 rings (SSSR count). The van der Waals surface area contributed by atoms with Gasteiger partial charge in [0.2, 0.25) is 0 Å². The van der Waals surface area contributed by atoms with E-state index in [4.69, 9.17) is 25.5 Å². The van der Waals surface area contributed by atoms with Gasteiger partial charge in [-0.2, -0.15) is 0 Å². The Bertz CT molecular complexity index is 774. The van der Waals surface area contributed by atoms with Gasteiger partial charge in [-0.3, -0.25) is 4.90 Å². The van der Waals surface area contributed by atoms with Crippen LogP contribution in [0.5, 0.6) is 5.75 Å². The molecule has 1 aromatic heterocycles. The van der Waals surface area contributed by atoms with Gasteiger partial charge in [-0.25, -0.2) is 4.79 Å². The molecule has 1 atom stereocenters. The van der Waals surface area contributed by atoms with Crippen molar-refractivity contribution in [2.45, 2.75) is 13.0 Å². The fourth-order valence-electron chi connectivity index (χ4n) is 3.01. The van der Waals surface area contributed by atoms with Crippen molar-refractivity contribution in [2.75, 3.05) is 45.3 Å². The van der Waals surface area contributed by atoms with E-state index < -0.39 is 0 Å². The van der Waals surface area contributed by atoms with Gasteiger partial charge < -0.3 is 24.5 Å². The largest absolute Gasteiger partial charge is 0.497 e. The number of nitrogens with one attached hydrogen (secondary N) is 2. The minimum absolute atomic E-state index is 0.0558. The Morgan fingerprint density at radius 3 is 2.70 bits per heavy atom. The average molecular weight is 394 g/mol. The molecule has 1 unspecified atom stereocenters. The predicted molar refractivity (Wildman–Crippen MR) is 104 cm³/mol. The molecule has 1 aromatic carbocycles. The third-order valence-electron chi connectivity index (χ3n) is 4.46. The van der Waals surface area contributed by atoms with Crippen LogP contribution in [0, 0.1) is 6.92 Å². The second kappa shape index (κ2) is 9.12. The summed E-state index contributed by atoms with van der Waals surface area (Å²) in [6, 6.07) is 8.59. The number of carbonyl (C=O) groups excluding carboxylic acids is 1. The molecule has 0 spiro atoms. The number of morpholine rings is 1. The second-order valence-electron chi connectivity index (χ2n) is 6.29. The zero-order valence-electron chi connectivity index (χ0n) is 15.5. The van der Waals surface area contributed by atoms with Crippen LogP contribution >= 0.6 is 11.6 Å². The maximum atomic E-state index is 12.4. The number of methoxy groups -OCH3 is 1. The van der Waals surface area contributed by atoms with Gasteiger partial charge in [-0.1, -0.05) is 11.6 Å². The number of furan rings is 1. The van der Waals surface area contributed by atoms with Gasteiger partial charge in [-0.05, 0) is 31.2 Å². The van der Waals surface area contributed by atoms with Crippen LogP contribution < -0.4 is 15.4 Å². The lowest BCUT2D eigenvalue weighted by Gasteiger charge is -2.33. The Hall–Kier alpha value is -2.22. The molecule has 1 aliphatic rings. The van der Waals surface area contributed by atoms with Gasteiger partial charge in [0.25, 0.3) is 0 Å². The molecule has 146 valence electrons. The fraction of sp³-hybridized carbons (Fsp3) is 0.421. The number of nitrogens with zero attached hydrogens (tertiary/aromatic N) is 1. The van der Waals surface area contributed by atoms with E-state index >= 15 is 0 Å². The lowest BCUT2D eigenvalue weighted by Crippen LogP contribution is -2.44. The zero-order valence-corrected chi connectivity index (χ0v) is 16.2. The average Bonchev–Trinajstić information content (AvgIpc) is 3.10. The minimum Gasteiger partial charge on any atom is -0.497 e. The molecule has 0 radical (unpaired) electrons. The SMILES string of the molecule is COc1ccc(NC(=O)NCC(c2ccc(C)o2)N2CCOCC2)c(Cl)c1. The summed E-state index contributed by atoms with van der Waals surface area (Å²) in [6.07, 6.45) is 0. The highest BCUT2D eigenvalue weighted by atomic mass is 35.5. The Morgan fingerprint density at radius 1 is 1.30 bits per heavy atom. The highest BCUT2D eigenvalue weighted by Crippen LogP contribution is 2.27. The Labute approximate surface area is 163 Å². The first kappa shape index (κ1) is 19.5. The molecular formula is C19H24ClN3O4. The van der Waals surface area contributed by atoms with Gasteiger partial charge in [0.15, 0.2) is 0 Å². The quantitative estimate of drug-likeness (QED) is 0.786. The van der Waals surface area contributed by atoms with Crippen LogP contribution in [0.1, 0.15) is 17.6 Å². The zero-order chi connectivity index (χ0) is 19.2. The van der Waals surface area contributed by atoms with Crippen molar-refractivity contribution >= 4 is 23.3 Å². The van der Waals surface area contributed by atoms with Crippen LogP contribution in [0.2, 0.25) is 5.02 Å². The first-order valence-corrected chi connectivity index (χ1v) is 9.21. The summed E-state index contributed by atoms with van der Waals surface area (Å²) in [4.78, 5) is 14.6. The van der Waals surface area contributed by atoms with Crippen LogP contribution in [0.25, 0.3) is 0 Å². The van der Waals surface area contributed by atoms with Crippen molar-refractivity contribution in [1.29, 1.82) is 0 Å². The molecule has 7 nitrogen and oxygen atoms in total. The van der Waals surface area contributed by atoms with Crippen molar-refractivity contribution in [3.05, 3.63) is 46.9 Å². The van der Waals surface area contributed by atoms with E-state index in [0.717, 1.165) is 24.6 Å². The highest BCUT2D eigenvalue weighted by Gasteiger charge is 2.25. The summed E-state index contributed by atoms with van der Waals surface area (Å²) in [5.74, 6) is 2.31. The van der Waals surface area contributed by atoms with Crippen LogP contribution in [-0.2, 0) is 4.74 Å². The van der Waals surface area contributed by atoms with E-state index in [0.29, 0.717) is 36.2 Å². The third-order valence-corrected chi connectivity index (χ3v) is 4.77. The van der Waals surface area contributed by atoms with Crippen molar-refractivity contribution in [3.8, 4) is 5.75 Å². The van der Waals surface area contributed by atoms with Gasteiger partial charge >= 0.3 is 6.03 Å². The van der Waals surface area contributed by atoms with Crippen molar-refractivity contribution < 1.29 is 18.7 Å². The summed E-state index contributed by atoms with van der Waals surface area (Å²) in [5.41, 5.74) is 0.520. The van der Waals surface area contributed by atoms with Crippen molar-refractivity contribution in [1.82, 2.24) is 10.2 Å². The summed E-state index contributed by atoms with van der Waals surface area (Å²) >= 11 is 6.18. The Balaban J connectivity index is 1.63. The van der Waals surface area contributed by atoms with E-state index in [1.54, 1.807) is 25.3 Å². The number of ether oxygens (including phenoxy) is 2. The molecule has 0 aliphatic carbocycles. The predicted octanol–water partition coefficient (Wildman–Crippen LogP) is 3.45. The van der Waals surface area contributed by atoms with Crippen LogP contribution in [0.4, 0.5) is 10.5 Å². The number of amides is 2. The lowest BCUT2D eigenvalue weighted by atomic mass is 10.1. The molecule has 2 N–H and O–H groups in total. The van der Waals surface area contributed by atoms with E-state index in [-0.39, 0.29) is 12.1 Å². The van der Waals surface area contributed by atoms with Crippen LogP contribution in [-0.4, -0.2) is 50.9 Å². The molecule has 0 saturated carbocycles. The van der Waals surface area contributed by atoms with Gasteiger partial charge in [0.05, 0.1) is 37.1 Å².